The van der Waals surface area contributed by atoms with Gasteiger partial charge in [-0.3, -0.25) is 10.1 Å². The van der Waals surface area contributed by atoms with Crippen LogP contribution in [0.4, 0.5) is 5.69 Å². The van der Waals surface area contributed by atoms with Crippen LogP contribution in [0.25, 0.3) is 0 Å². The van der Waals surface area contributed by atoms with Gasteiger partial charge >= 0.3 is 0 Å². The maximum Gasteiger partial charge on any atom is 0.274 e. The first-order valence-electron chi connectivity index (χ1n) is 5.83. The van der Waals surface area contributed by atoms with E-state index in [0.29, 0.717) is 10.8 Å². The van der Waals surface area contributed by atoms with Crippen LogP contribution in [0.1, 0.15) is 18.4 Å². The topological polar surface area (TPSA) is 72.6 Å². The van der Waals surface area contributed by atoms with Crippen molar-refractivity contribution in [3.8, 4) is 0 Å². The summed E-state index contributed by atoms with van der Waals surface area (Å²) in [4.78, 5) is 11.3. The van der Waals surface area contributed by atoms with Crippen LogP contribution in [0.5, 0.6) is 0 Å². The van der Waals surface area contributed by atoms with Crippen LogP contribution in [0.2, 0.25) is 0 Å². The molecule has 0 unspecified atom stereocenters. The fourth-order valence-electron chi connectivity index (χ4n) is 1.93. The van der Waals surface area contributed by atoms with Crippen molar-refractivity contribution in [2.24, 2.45) is 0 Å². The van der Waals surface area contributed by atoms with Crippen molar-refractivity contribution in [1.29, 1.82) is 0 Å². The van der Waals surface area contributed by atoms with Gasteiger partial charge in [-0.25, -0.2) is 0 Å². The molecule has 2 rings (SSSR count). The fraction of sp³-hybridized carbons (Fsp3) is 0.500. The molecule has 98 valence electrons. The highest BCUT2D eigenvalue weighted by molar-refractivity contribution is 8.00. The van der Waals surface area contributed by atoms with Crippen LogP contribution in [0, 0.1) is 10.1 Å². The smallest absolute Gasteiger partial charge is 0.274 e. The van der Waals surface area contributed by atoms with Crippen molar-refractivity contribution < 1.29 is 14.8 Å². The molecule has 6 heteroatoms. The highest BCUT2D eigenvalue weighted by atomic mass is 32.2. The molecule has 1 aromatic rings. The van der Waals surface area contributed by atoms with Crippen LogP contribution in [0.15, 0.2) is 23.1 Å². The summed E-state index contributed by atoms with van der Waals surface area (Å²) in [5, 5.41) is 20.4. The summed E-state index contributed by atoms with van der Waals surface area (Å²) < 4.78 is 5.29. The summed E-state index contributed by atoms with van der Waals surface area (Å²) in [6.07, 6.45) is 1.99. The average Bonchev–Trinajstić information content (AvgIpc) is 2.39. The molecule has 0 aromatic heterocycles. The van der Waals surface area contributed by atoms with Gasteiger partial charge in [-0.15, -0.1) is 11.8 Å². The van der Waals surface area contributed by atoms with Gasteiger partial charge < -0.3 is 9.84 Å². The van der Waals surface area contributed by atoms with Gasteiger partial charge in [-0.1, -0.05) is 0 Å². The van der Waals surface area contributed by atoms with Crippen LogP contribution in [-0.2, 0) is 11.3 Å². The number of ether oxygens (including phenoxy) is 1. The van der Waals surface area contributed by atoms with E-state index in [1.165, 1.54) is 6.07 Å². The number of hydrogen-bond acceptors (Lipinski definition) is 5. The van der Waals surface area contributed by atoms with Crippen LogP contribution in [-0.4, -0.2) is 28.5 Å². The Morgan fingerprint density at radius 2 is 2.17 bits per heavy atom. The summed E-state index contributed by atoms with van der Waals surface area (Å²) in [6, 6.07) is 4.92. The van der Waals surface area contributed by atoms with E-state index in [-0.39, 0.29) is 12.3 Å². The van der Waals surface area contributed by atoms with Crippen molar-refractivity contribution in [3.05, 3.63) is 33.9 Å². The first-order chi connectivity index (χ1) is 8.70. The molecule has 0 bridgehead atoms. The summed E-state index contributed by atoms with van der Waals surface area (Å²) in [5.74, 6) is 0. The Labute approximate surface area is 109 Å². The quantitative estimate of drug-likeness (QED) is 0.671. The number of benzene rings is 1. The van der Waals surface area contributed by atoms with Gasteiger partial charge in [0.25, 0.3) is 5.69 Å². The number of nitrogens with zero attached hydrogens (tertiary/aromatic N) is 1. The zero-order chi connectivity index (χ0) is 13.0. The third kappa shape index (κ3) is 3.22. The lowest BCUT2D eigenvalue weighted by atomic mass is 10.2. The van der Waals surface area contributed by atoms with Crippen molar-refractivity contribution in [1.82, 2.24) is 0 Å². The molecular weight excluding hydrogens is 254 g/mol. The maximum absolute atomic E-state index is 10.8. The molecule has 1 N–H and O–H groups in total. The first-order valence-corrected chi connectivity index (χ1v) is 6.71. The lowest BCUT2D eigenvalue weighted by Gasteiger charge is -2.21. The van der Waals surface area contributed by atoms with Gasteiger partial charge in [-0.05, 0) is 25.0 Å². The third-order valence-corrected chi connectivity index (χ3v) is 4.22. The second-order valence-electron chi connectivity index (χ2n) is 4.14. The largest absolute Gasteiger partial charge is 0.391 e. The van der Waals surface area contributed by atoms with Crippen molar-refractivity contribution >= 4 is 17.4 Å². The van der Waals surface area contributed by atoms with Crippen molar-refractivity contribution in [2.45, 2.75) is 29.6 Å². The van der Waals surface area contributed by atoms with E-state index in [1.54, 1.807) is 23.9 Å². The molecule has 1 aliphatic heterocycles. The van der Waals surface area contributed by atoms with Crippen molar-refractivity contribution in [3.63, 3.8) is 0 Å². The Hall–Kier alpha value is -1.11. The highest BCUT2D eigenvalue weighted by Gasteiger charge is 2.18. The van der Waals surface area contributed by atoms with Crippen LogP contribution >= 0.6 is 11.8 Å². The molecule has 0 saturated carbocycles. The number of thioether (sulfide) groups is 1. The van der Waals surface area contributed by atoms with E-state index in [0.717, 1.165) is 31.0 Å². The number of nitro benzene ring substituents is 1. The highest BCUT2D eigenvalue weighted by Crippen LogP contribution is 2.32. The van der Waals surface area contributed by atoms with Gasteiger partial charge in [0, 0.05) is 29.4 Å². The van der Waals surface area contributed by atoms with Gasteiger partial charge in [-0.2, -0.15) is 0 Å². The van der Waals surface area contributed by atoms with Gasteiger partial charge in [0.05, 0.1) is 17.1 Å². The molecule has 0 spiro atoms. The number of nitro groups is 1. The van der Waals surface area contributed by atoms with Crippen molar-refractivity contribution in [2.75, 3.05) is 13.2 Å². The van der Waals surface area contributed by atoms with E-state index in [2.05, 4.69) is 0 Å². The molecule has 0 atom stereocenters. The Morgan fingerprint density at radius 3 is 2.78 bits per heavy atom. The lowest BCUT2D eigenvalue weighted by Crippen LogP contribution is -2.17. The number of hydrogen-bond donors (Lipinski definition) is 1. The number of rotatable bonds is 4. The zero-order valence-corrected chi connectivity index (χ0v) is 10.7. The monoisotopic (exact) mass is 269 g/mol. The third-order valence-electron chi connectivity index (χ3n) is 2.89. The van der Waals surface area contributed by atoms with E-state index in [1.807, 2.05) is 0 Å². The molecule has 0 radical (unpaired) electrons. The Balaban J connectivity index is 2.11. The molecule has 1 heterocycles. The fourth-order valence-corrected chi connectivity index (χ4v) is 3.10. The molecule has 18 heavy (non-hydrogen) atoms. The summed E-state index contributed by atoms with van der Waals surface area (Å²) >= 11 is 1.70. The maximum atomic E-state index is 10.8. The van der Waals surface area contributed by atoms with Gasteiger partial charge in [0.2, 0.25) is 0 Å². The van der Waals surface area contributed by atoms with E-state index < -0.39 is 4.92 Å². The SMILES string of the molecule is O=[N+]([O-])c1ccc(SC2CCOCC2)cc1CO. The standard InChI is InChI=1S/C12H15NO4S/c14-8-9-7-11(1-2-12(9)13(15)16)18-10-3-5-17-6-4-10/h1-2,7,10,14H,3-6,8H2. The number of aliphatic hydroxyl groups excluding tert-OH is 1. The molecule has 1 aromatic carbocycles. The Bertz CT molecular complexity index is 432. The van der Waals surface area contributed by atoms with E-state index >= 15 is 0 Å². The molecule has 0 aliphatic carbocycles. The second kappa shape index (κ2) is 6.17. The predicted molar refractivity (Wildman–Crippen MR) is 68.7 cm³/mol. The minimum Gasteiger partial charge on any atom is -0.391 e. The number of aliphatic hydroxyl groups is 1. The second-order valence-corrected chi connectivity index (χ2v) is 5.51. The summed E-state index contributed by atoms with van der Waals surface area (Å²) in [6.45, 7) is 1.24. The average molecular weight is 269 g/mol. The van der Waals surface area contributed by atoms with E-state index in [9.17, 15) is 10.1 Å². The summed E-state index contributed by atoms with van der Waals surface area (Å²) in [5.41, 5.74) is 0.353. The van der Waals surface area contributed by atoms with Gasteiger partial charge in [0.15, 0.2) is 0 Å². The van der Waals surface area contributed by atoms with Crippen LogP contribution < -0.4 is 0 Å². The lowest BCUT2D eigenvalue weighted by molar-refractivity contribution is -0.385. The van der Waals surface area contributed by atoms with E-state index in [4.69, 9.17) is 9.84 Å². The normalized spacial score (nSPS) is 16.7. The minimum atomic E-state index is -0.464. The molecule has 1 saturated heterocycles. The zero-order valence-electron chi connectivity index (χ0n) is 9.87. The van der Waals surface area contributed by atoms with Gasteiger partial charge in [0.1, 0.15) is 0 Å². The summed E-state index contributed by atoms with van der Waals surface area (Å²) in [7, 11) is 0. The molecule has 5 nitrogen and oxygen atoms in total. The molecule has 0 amide bonds. The first kappa shape index (κ1) is 13.3. The van der Waals surface area contributed by atoms with Crippen LogP contribution in [0.3, 0.4) is 0 Å². The molecule has 1 aliphatic rings. The Morgan fingerprint density at radius 1 is 1.44 bits per heavy atom. The minimum absolute atomic E-state index is 0.0196. The molecule has 1 fully saturated rings. The Kier molecular flexibility index (Phi) is 4.57. The predicted octanol–water partition coefficient (Wildman–Crippen LogP) is 2.36. The molecular formula is C12H15NO4S.